The quantitative estimate of drug-likeness (QED) is 0.775. The molecule has 10 heteroatoms. The van der Waals surface area contributed by atoms with E-state index in [0.29, 0.717) is 42.7 Å². The number of halogens is 2. The Morgan fingerprint density at radius 3 is 2.90 bits per heavy atom. The summed E-state index contributed by atoms with van der Waals surface area (Å²) in [5, 5.41) is 3.09. The van der Waals surface area contributed by atoms with Crippen molar-refractivity contribution in [3.8, 4) is 11.7 Å². The van der Waals surface area contributed by atoms with Gasteiger partial charge in [-0.25, -0.2) is 4.98 Å². The summed E-state index contributed by atoms with van der Waals surface area (Å²) in [6.07, 6.45) is 3.60. The highest BCUT2D eigenvalue weighted by Gasteiger charge is 2.32. The molecule has 4 heterocycles. The Labute approximate surface area is 181 Å². The number of nitrogens with zero attached hydrogens (tertiary/aromatic N) is 3. The fourth-order valence-corrected chi connectivity index (χ4v) is 3.80. The maximum Gasteiger partial charge on any atom is 0.263 e. The highest BCUT2D eigenvalue weighted by Crippen LogP contribution is 2.23. The Morgan fingerprint density at radius 1 is 1.34 bits per heavy atom. The van der Waals surface area contributed by atoms with Gasteiger partial charge in [-0.3, -0.25) is 9.59 Å². The second kappa shape index (κ2) is 10.1. The van der Waals surface area contributed by atoms with Crippen molar-refractivity contribution in [3.05, 3.63) is 29.9 Å². The lowest BCUT2D eigenvalue weighted by molar-refractivity contribution is -0.140. The lowest BCUT2D eigenvalue weighted by atomic mass is 10.0. The minimum absolute atomic E-state index is 0. The standard InChI is InChI=1S/C19H24N4O4.2ClH/c1-13-15(21-19(27-13)16-5-3-9-26-16)10-17(24)22-7-2-4-14(12-22)23-8-6-20-11-18(23)25;;/h3,5,9,14,20H,2,4,6-8,10-12H2,1H3;2*1H. The Kier molecular flexibility index (Phi) is 8.13. The SMILES string of the molecule is Cc1oc(-c2ccco2)nc1CC(=O)N1CCCC(N2CCNCC2=O)C1.Cl.Cl. The van der Waals surface area contributed by atoms with Crippen LogP contribution in [0.4, 0.5) is 0 Å². The Bertz CT molecular complexity index is 824. The molecule has 2 amide bonds. The average Bonchev–Trinajstić information content (AvgIpc) is 3.33. The summed E-state index contributed by atoms with van der Waals surface area (Å²) >= 11 is 0. The van der Waals surface area contributed by atoms with E-state index < -0.39 is 0 Å². The van der Waals surface area contributed by atoms with Gasteiger partial charge in [0.05, 0.1) is 24.9 Å². The predicted octanol–water partition coefficient (Wildman–Crippen LogP) is 2.05. The van der Waals surface area contributed by atoms with E-state index in [4.69, 9.17) is 8.83 Å². The number of nitrogens with one attached hydrogen (secondary N) is 1. The molecule has 1 atom stereocenters. The van der Waals surface area contributed by atoms with Crippen molar-refractivity contribution in [2.75, 3.05) is 32.7 Å². The van der Waals surface area contributed by atoms with Gasteiger partial charge in [0.1, 0.15) is 5.76 Å². The van der Waals surface area contributed by atoms with E-state index in [0.717, 1.165) is 25.9 Å². The third-order valence-electron chi connectivity index (χ3n) is 5.26. The van der Waals surface area contributed by atoms with Crippen LogP contribution in [0.25, 0.3) is 11.7 Å². The summed E-state index contributed by atoms with van der Waals surface area (Å²) in [4.78, 5) is 33.2. The summed E-state index contributed by atoms with van der Waals surface area (Å²) in [5.41, 5.74) is 0.631. The number of aryl methyl sites for hydroxylation is 1. The van der Waals surface area contributed by atoms with Crippen LogP contribution < -0.4 is 5.32 Å². The summed E-state index contributed by atoms with van der Waals surface area (Å²) < 4.78 is 10.9. The number of piperidine rings is 1. The molecular weight excluding hydrogens is 419 g/mol. The largest absolute Gasteiger partial charge is 0.459 e. The van der Waals surface area contributed by atoms with Crippen molar-refractivity contribution in [1.82, 2.24) is 20.1 Å². The smallest absolute Gasteiger partial charge is 0.263 e. The van der Waals surface area contributed by atoms with Gasteiger partial charge in [-0.15, -0.1) is 24.8 Å². The maximum absolute atomic E-state index is 12.8. The number of aromatic nitrogens is 1. The van der Waals surface area contributed by atoms with Gasteiger partial charge < -0.3 is 24.0 Å². The summed E-state index contributed by atoms with van der Waals surface area (Å²) in [6, 6.07) is 3.65. The molecule has 160 valence electrons. The van der Waals surface area contributed by atoms with Crippen LogP contribution in [0.2, 0.25) is 0 Å². The van der Waals surface area contributed by atoms with Gasteiger partial charge in [-0.2, -0.15) is 0 Å². The first-order valence-electron chi connectivity index (χ1n) is 9.40. The molecule has 8 nitrogen and oxygen atoms in total. The van der Waals surface area contributed by atoms with Crippen LogP contribution >= 0.6 is 24.8 Å². The molecule has 2 aromatic rings. The van der Waals surface area contributed by atoms with Crippen LogP contribution in [-0.4, -0.2) is 65.4 Å². The lowest BCUT2D eigenvalue weighted by Gasteiger charge is -2.41. The molecule has 0 bridgehead atoms. The van der Waals surface area contributed by atoms with Gasteiger partial charge in [-0.1, -0.05) is 0 Å². The average molecular weight is 445 g/mol. The Balaban J connectivity index is 0.00000150. The molecule has 0 saturated carbocycles. The molecule has 29 heavy (non-hydrogen) atoms. The lowest BCUT2D eigenvalue weighted by Crippen LogP contribution is -2.57. The van der Waals surface area contributed by atoms with Crippen molar-refractivity contribution >= 4 is 36.6 Å². The zero-order valence-electron chi connectivity index (χ0n) is 16.3. The summed E-state index contributed by atoms with van der Waals surface area (Å²) in [6.45, 7) is 5.02. The van der Waals surface area contributed by atoms with Crippen molar-refractivity contribution < 1.29 is 18.4 Å². The van der Waals surface area contributed by atoms with E-state index >= 15 is 0 Å². The van der Waals surface area contributed by atoms with Crippen molar-refractivity contribution in [1.29, 1.82) is 0 Å². The minimum atomic E-state index is 0. The van der Waals surface area contributed by atoms with Crippen molar-refractivity contribution in [2.45, 2.75) is 32.2 Å². The van der Waals surface area contributed by atoms with Crippen molar-refractivity contribution in [3.63, 3.8) is 0 Å². The zero-order valence-corrected chi connectivity index (χ0v) is 17.9. The summed E-state index contributed by atoms with van der Waals surface area (Å²) in [7, 11) is 0. The fourth-order valence-electron chi connectivity index (χ4n) is 3.80. The molecule has 2 aliphatic heterocycles. The van der Waals surface area contributed by atoms with Crippen LogP contribution in [-0.2, 0) is 16.0 Å². The number of amides is 2. The van der Waals surface area contributed by atoms with Crippen LogP contribution in [0.1, 0.15) is 24.3 Å². The molecule has 0 radical (unpaired) electrons. The molecule has 2 fully saturated rings. The van der Waals surface area contributed by atoms with E-state index in [-0.39, 0.29) is 49.1 Å². The molecule has 0 aromatic carbocycles. The number of hydrogen-bond acceptors (Lipinski definition) is 6. The van der Waals surface area contributed by atoms with E-state index in [2.05, 4.69) is 10.3 Å². The van der Waals surface area contributed by atoms with Crippen molar-refractivity contribution in [2.24, 2.45) is 0 Å². The number of likely N-dealkylation sites (tertiary alicyclic amines) is 1. The van der Waals surface area contributed by atoms with Crippen LogP contribution in [0.5, 0.6) is 0 Å². The number of rotatable bonds is 4. The molecular formula is C19H26Cl2N4O4. The molecule has 2 aromatic heterocycles. The first-order valence-corrected chi connectivity index (χ1v) is 9.40. The van der Waals surface area contributed by atoms with Crippen LogP contribution in [0.3, 0.4) is 0 Å². The topological polar surface area (TPSA) is 91.8 Å². The molecule has 1 N–H and O–H groups in total. The highest BCUT2D eigenvalue weighted by atomic mass is 35.5. The summed E-state index contributed by atoms with van der Waals surface area (Å²) in [5.74, 6) is 1.71. The third-order valence-corrected chi connectivity index (χ3v) is 5.26. The highest BCUT2D eigenvalue weighted by molar-refractivity contribution is 5.85. The second-order valence-electron chi connectivity index (χ2n) is 7.08. The second-order valence-corrected chi connectivity index (χ2v) is 7.08. The molecule has 1 unspecified atom stereocenters. The first-order chi connectivity index (χ1) is 13.1. The molecule has 0 spiro atoms. The number of oxazole rings is 1. The predicted molar refractivity (Wildman–Crippen MR) is 111 cm³/mol. The van der Waals surface area contributed by atoms with Gasteiger partial charge in [-0.05, 0) is 31.9 Å². The third kappa shape index (κ3) is 5.12. The number of hydrogen-bond donors (Lipinski definition) is 1. The zero-order chi connectivity index (χ0) is 18.8. The van der Waals surface area contributed by atoms with Gasteiger partial charge in [0.15, 0.2) is 5.76 Å². The monoisotopic (exact) mass is 444 g/mol. The molecule has 0 aliphatic carbocycles. The van der Waals surface area contributed by atoms with Gasteiger partial charge >= 0.3 is 0 Å². The maximum atomic E-state index is 12.8. The van der Waals surface area contributed by atoms with E-state index in [1.165, 1.54) is 0 Å². The van der Waals surface area contributed by atoms with Crippen LogP contribution in [0, 0.1) is 6.92 Å². The number of carbonyl (C=O) groups excluding carboxylic acids is 2. The number of piperazine rings is 1. The number of carbonyl (C=O) groups is 2. The van der Waals surface area contributed by atoms with E-state index in [1.807, 2.05) is 9.80 Å². The molecule has 2 saturated heterocycles. The van der Waals surface area contributed by atoms with Gasteiger partial charge in [0.2, 0.25) is 11.8 Å². The normalized spacial score (nSPS) is 19.5. The first kappa shape index (κ1) is 23.3. The van der Waals surface area contributed by atoms with Crippen LogP contribution in [0.15, 0.2) is 27.2 Å². The Morgan fingerprint density at radius 2 is 2.17 bits per heavy atom. The van der Waals surface area contributed by atoms with E-state index in [1.54, 1.807) is 25.3 Å². The minimum Gasteiger partial charge on any atom is -0.459 e. The molecule has 4 rings (SSSR count). The number of furan rings is 1. The van der Waals surface area contributed by atoms with E-state index in [9.17, 15) is 9.59 Å². The fraction of sp³-hybridized carbons (Fsp3) is 0.526. The molecule has 2 aliphatic rings. The van der Waals surface area contributed by atoms with Gasteiger partial charge in [0, 0.05) is 32.2 Å². The van der Waals surface area contributed by atoms with Gasteiger partial charge in [0.25, 0.3) is 5.89 Å². The Hall–Kier alpha value is -2.03.